The van der Waals surface area contributed by atoms with Crippen LogP contribution in [0.15, 0.2) is 4.99 Å². The Hall–Kier alpha value is -0.860. The number of aliphatic imine (C=N–C) groups is 1. The van der Waals surface area contributed by atoms with Crippen molar-refractivity contribution in [1.82, 2.24) is 4.90 Å². The average Bonchev–Trinajstić information content (AvgIpc) is 1.98. The first-order chi connectivity index (χ1) is 4.13. The molecule has 0 N–H and O–H groups in total. The van der Waals surface area contributed by atoms with E-state index in [1.54, 1.807) is 18.9 Å². The highest BCUT2D eigenvalue weighted by Crippen LogP contribution is 2.06. The van der Waals surface area contributed by atoms with Crippen LogP contribution >= 0.6 is 0 Å². The van der Waals surface area contributed by atoms with Gasteiger partial charge in [-0.3, -0.25) is 9.79 Å². The van der Waals surface area contributed by atoms with Gasteiger partial charge >= 0.3 is 0 Å². The molecule has 0 spiro atoms. The molecule has 0 aromatic carbocycles. The van der Waals surface area contributed by atoms with Gasteiger partial charge in [0.25, 0.3) is 5.91 Å². The van der Waals surface area contributed by atoms with Crippen molar-refractivity contribution < 1.29 is 4.79 Å². The molecule has 50 valence electrons. The van der Waals surface area contributed by atoms with Crippen LogP contribution in [0, 0.1) is 0 Å². The monoisotopic (exact) mass is 126 g/mol. The van der Waals surface area contributed by atoms with Crippen molar-refractivity contribution >= 4 is 11.7 Å². The van der Waals surface area contributed by atoms with E-state index in [0.717, 1.165) is 5.84 Å². The molecule has 1 aliphatic heterocycles. The Labute approximate surface area is 54.4 Å². The summed E-state index contributed by atoms with van der Waals surface area (Å²) in [5.74, 6) is 0.903. The normalized spacial score (nSPS) is 27.0. The summed E-state index contributed by atoms with van der Waals surface area (Å²) in [5, 5.41) is 0. The molecular weight excluding hydrogens is 116 g/mol. The molecule has 0 aromatic rings. The Kier molecular flexibility index (Phi) is 1.27. The number of nitrogens with zero attached hydrogens (tertiary/aromatic N) is 2. The molecule has 0 bridgehead atoms. The van der Waals surface area contributed by atoms with Gasteiger partial charge in [-0.25, -0.2) is 0 Å². The first kappa shape index (κ1) is 6.26. The van der Waals surface area contributed by atoms with Gasteiger partial charge < -0.3 is 4.90 Å². The Bertz CT molecular complexity index is 174. The third-order valence-electron chi connectivity index (χ3n) is 1.55. The lowest BCUT2D eigenvalue weighted by atomic mass is 10.3. The molecule has 1 atom stereocenters. The molecule has 0 aliphatic carbocycles. The van der Waals surface area contributed by atoms with Crippen LogP contribution in [0.25, 0.3) is 0 Å². The van der Waals surface area contributed by atoms with Gasteiger partial charge in [0.1, 0.15) is 11.9 Å². The van der Waals surface area contributed by atoms with E-state index in [2.05, 4.69) is 4.99 Å². The molecule has 0 fully saturated rings. The van der Waals surface area contributed by atoms with Crippen LogP contribution in [0.3, 0.4) is 0 Å². The van der Waals surface area contributed by atoms with Crippen molar-refractivity contribution in [3.63, 3.8) is 0 Å². The molecule has 1 aliphatic rings. The fourth-order valence-electron chi connectivity index (χ4n) is 0.862. The number of hydrogen-bond acceptors (Lipinski definition) is 2. The van der Waals surface area contributed by atoms with Crippen LogP contribution in [0.4, 0.5) is 0 Å². The maximum Gasteiger partial charge on any atom is 0.252 e. The standard InChI is InChI=1S/C6H10N2O/c1-4-6(9)8(3)5(2)7-4/h4H,1-3H3. The summed E-state index contributed by atoms with van der Waals surface area (Å²) < 4.78 is 0. The molecule has 0 radical (unpaired) electrons. The Morgan fingerprint density at radius 1 is 1.67 bits per heavy atom. The lowest BCUT2D eigenvalue weighted by molar-refractivity contribution is -0.126. The van der Waals surface area contributed by atoms with Crippen LogP contribution in [0.1, 0.15) is 13.8 Å². The molecule has 0 saturated carbocycles. The summed E-state index contributed by atoms with van der Waals surface area (Å²) in [5.41, 5.74) is 0. The van der Waals surface area contributed by atoms with Gasteiger partial charge in [0.2, 0.25) is 0 Å². The van der Waals surface area contributed by atoms with E-state index in [4.69, 9.17) is 0 Å². The Balaban J connectivity index is 2.82. The molecule has 1 rings (SSSR count). The van der Waals surface area contributed by atoms with Crippen LogP contribution in [0.5, 0.6) is 0 Å². The summed E-state index contributed by atoms with van der Waals surface area (Å²) in [6, 6.07) is -0.157. The van der Waals surface area contributed by atoms with E-state index < -0.39 is 0 Å². The molecule has 0 saturated heterocycles. The zero-order chi connectivity index (χ0) is 7.02. The second-order valence-electron chi connectivity index (χ2n) is 2.25. The molecule has 0 aromatic heterocycles. The van der Waals surface area contributed by atoms with Crippen molar-refractivity contribution in [3.8, 4) is 0 Å². The molecule has 1 unspecified atom stereocenters. The van der Waals surface area contributed by atoms with Crippen molar-refractivity contribution in [3.05, 3.63) is 0 Å². The Morgan fingerprint density at radius 3 is 2.33 bits per heavy atom. The first-order valence-electron chi connectivity index (χ1n) is 2.95. The lowest BCUT2D eigenvalue weighted by Crippen LogP contribution is -2.28. The highest BCUT2D eigenvalue weighted by atomic mass is 16.2. The maximum atomic E-state index is 10.9. The van der Waals surface area contributed by atoms with Crippen LogP contribution in [-0.4, -0.2) is 29.7 Å². The minimum atomic E-state index is -0.157. The van der Waals surface area contributed by atoms with Gasteiger partial charge in [-0.15, -0.1) is 0 Å². The van der Waals surface area contributed by atoms with Gasteiger partial charge in [0.15, 0.2) is 0 Å². The molecule has 1 heterocycles. The lowest BCUT2D eigenvalue weighted by Gasteiger charge is -2.06. The van der Waals surface area contributed by atoms with E-state index in [1.165, 1.54) is 0 Å². The van der Waals surface area contributed by atoms with Gasteiger partial charge in [-0.1, -0.05) is 0 Å². The minimum Gasteiger partial charge on any atom is -0.302 e. The number of amidine groups is 1. The summed E-state index contributed by atoms with van der Waals surface area (Å²) in [6.45, 7) is 3.64. The van der Waals surface area contributed by atoms with E-state index in [1.807, 2.05) is 6.92 Å². The second-order valence-corrected chi connectivity index (χ2v) is 2.25. The molecule has 3 nitrogen and oxygen atoms in total. The molecular formula is C6H10N2O. The third-order valence-corrected chi connectivity index (χ3v) is 1.55. The van der Waals surface area contributed by atoms with E-state index in [-0.39, 0.29) is 11.9 Å². The predicted octanol–water partition coefficient (Wildman–Crippen LogP) is 0.265. The number of amides is 1. The van der Waals surface area contributed by atoms with Crippen LogP contribution < -0.4 is 0 Å². The fourth-order valence-corrected chi connectivity index (χ4v) is 0.862. The summed E-state index contributed by atoms with van der Waals surface area (Å²) in [7, 11) is 1.74. The SMILES string of the molecule is CC1=NC(C)C(=O)N1C. The Morgan fingerprint density at radius 2 is 2.22 bits per heavy atom. The van der Waals surface area contributed by atoms with Crippen molar-refractivity contribution in [2.75, 3.05) is 7.05 Å². The zero-order valence-corrected chi connectivity index (χ0v) is 5.88. The summed E-state index contributed by atoms with van der Waals surface area (Å²) >= 11 is 0. The van der Waals surface area contributed by atoms with Crippen molar-refractivity contribution in [1.29, 1.82) is 0 Å². The maximum absolute atomic E-state index is 10.9. The van der Waals surface area contributed by atoms with Gasteiger partial charge in [0.05, 0.1) is 0 Å². The molecule has 9 heavy (non-hydrogen) atoms. The summed E-state index contributed by atoms with van der Waals surface area (Å²) in [4.78, 5) is 16.5. The summed E-state index contributed by atoms with van der Waals surface area (Å²) in [6.07, 6.45) is 0. The third kappa shape index (κ3) is 0.823. The number of likely N-dealkylation sites (N-methyl/N-ethyl adjacent to an activating group) is 1. The second kappa shape index (κ2) is 1.83. The predicted molar refractivity (Wildman–Crippen MR) is 35.3 cm³/mol. The van der Waals surface area contributed by atoms with Gasteiger partial charge in [-0.05, 0) is 13.8 Å². The quantitative estimate of drug-likeness (QED) is 0.458. The van der Waals surface area contributed by atoms with E-state index in [9.17, 15) is 4.79 Å². The average molecular weight is 126 g/mol. The highest BCUT2D eigenvalue weighted by molar-refractivity contribution is 6.04. The largest absolute Gasteiger partial charge is 0.302 e. The van der Waals surface area contributed by atoms with E-state index in [0.29, 0.717) is 0 Å². The van der Waals surface area contributed by atoms with Gasteiger partial charge in [-0.2, -0.15) is 0 Å². The smallest absolute Gasteiger partial charge is 0.252 e. The van der Waals surface area contributed by atoms with E-state index >= 15 is 0 Å². The number of carbonyl (C=O) groups is 1. The number of hydrogen-bond donors (Lipinski definition) is 0. The van der Waals surface area contributed by atoms with Crippen LogP contribution in [-0.2, 0) is 4.79 Å². The zero-order valence-electron chi connectivity index (χ0n) is 5.88. The highest BCUT2D eigenvalue weighted by Gasteiger charge is 2.24. The molecule has 1 amide bonds. The number of rotatable bonds is 0. The minimum absolute atomic E-state index is 0.0903. The fraction of sp³-hybridized carbons (Fsp3) is 0.667. The number of carbonyl (C=O) groups excluding carboxylic acids is 1. The molecule has 3 heteroatoms. The topological polar surface area (TPSA) is 32.7 Å². The van der Waals surface area contributed by atoms with Crippen molar-refractivity contribution in [2.45, 2.75) is 19.9 Å². The van der Waals surface area contributed by atoms with Gasteiger partial charge in [0, 0.05) is 7.05 Å². The first-order valence-corrected chi connectivity index (χ1v) is 2.95. The van der Waals surface area contributed by atoms with Crippen LogP contribution in [0.2, 0.25) is 0 Å². The van der Waals surface area contributed by atoms with Crippen molar-refractivity contribution in [2.24, 2.45) is 4.99 Å².